The van der Waals surface area contributed by atoms with E-state index in [9.17, 15) is 4.79 Å². The fourth-order valence-electron chi connectivity index (χ4n) is 3.00. The maximum absolute atomic E-state index is 12.7. The molecule has 1 aliphatic heterocycles. The summed E-state index contributed by atoms with van der Waals surface area (Å²) in [5, 5.41) is 12.7. The molecule has 2 aromatic heterocycles. The van der Waals surface area contributed by atoms with Gasteiger partial charge in [0, 0.05) is 31.8 Å². The lowest BCUT2D eigenvalue weighted by molar-refractivity contribution is -0.120. The van der Waals surface area contributed by atoms with Crippen LogP contribution >= 0.6 is 0 Å². The Morgan fingerprint density at radius 3 is 2.76 bits per heavy atom. The van der Waals surface area contributed by atoms with Gasteiger partial charge >= 0.3 is 0 Å². The molecule has 0 radical (unpaired) electrons. The van der Waals surface area contributed by atoms with Crippen LogP contribution in [0.1, 0.15) is 42.6 Å². The Morgan fingerprint density at radius 2 is 2.10 bits per heavy atom. The molecule has 2 fully saturated rings. The lowest BCUT2D eigenvalue weighted by Gasteiger charge is -2.16. The first-order chi connectivity index (χ1) is 10.1. The first kappa shape index (κ1) is 12.6. The zero-order chi connectivity index (χ0) is 14.6. The molecular weight excluding hydrogens is 268 g/mol. The molecule has 110 valence electrons. The van der Waals surface area contributed by atoms with E-state index in [-0.39, 0.29) is 11.9 Å². The van der Waals surface area contributed by atoms with Crippen molar-refractivity contribution >= 4 is 11.7 Å². The second-order valence-corrected chi connectivity index (χ2v) is 5.96. The average Bonchev–Trinajstić information content (AvgIpc) is 2.91. The Hall–Kier alpha value is -2.18. The van der Waals surface area contributed by atoms with Crippen LogP contribution in [0, 0.1) is 6.92 Å². The second-order valence-electron chi connectivity index (χ2n) is 5.96. The van der Waals surface area contributed by atoms with Gasteiger partial charge in [-0.2, -0.15) is 5.10 Å². The van der Waals surface area contributed by atoms with E-state index >= 15 is 0 Å². The van der Waals surface area contributed by atoms with Crippen molar-refractivity contribution in [2.45, 2.75) is 38.1 Å². The average molecular weight is 286 g/mol. The SMILES string of the molecule is Cc1cc(N2CCC(n3cc(C4CC4)nn3)C2=O)n(C)n1. The van der Waals surface area contributed by atoms with Gasteiger partial charge in [-0.3, -0.25) is 14.4 Å². The van der Waals surface area contributed by atoms with Crippen molar-refractivity contribution in [2.75, 3.05) is 11.4 Å². The van der Waals surface area contributed by atoms with Crippen LogP contribution in [-0.4, -0.2) is 37.2 Å². The third-order valence-electron chi connectivity index (χ3n) is 4.27. The third-order valence-corrected chi connectivity index (χ3v) is 4.27. The van der Waals surface area contributed by atoms with Crippen LogP contribution in [0.15, 0.2) is 12.3 Å². The number of aryl methyl sites for hydroxylation is 2. The molecule has 7 nitrogen and oxygen atoms in total. The highest BCUT2D eigenvalue weighted by molar-refractivity contribution is 5.97. The summed E-state index contributed by atoms with van der Waals surface area (Å²) in [5.74, 6) is 1.49. The number of nitrogens with zero attached hydrogens (tertiary/aromatic N) is 6. The van der Waals surface area contributed by atoms with Crippen LogP contribution in [0.3, 0.4) is 0 Å². The monoisotopic (exact) mass is 286 g/mol. The molecule has 0 spiro atoms. The lowest BCUT2D eigenvalue weighted by atomic mass is 10.2. The highest BCUT2D eigenvalue weighted by Gasteiger charge is 2.37. The standard InChI is InChI=1S/C14H18N6O/c1-9-7-13(18(2)16-9)19-6-5-12(14(19)21)20-8-11(15-17-20)10-3-4-10/h7-8,10,12H,3-6H2,1-2H3. The Balaban J connectivity index is 1.58. The van der Waals surface area contributed by atoms with Gasteiger partial charge in [0.05, 0.1) is 11.4 Å². The number of amides is 1. The zero-order valence-corrected chi connectivity index (χ0v) is 12.2. The van der Waals surface area contributed by atoms with Gasteiger partial charge in [-0.1, -0.05) is 5.21 Å². The molecule has 4 rings (SSSR count). The van der Waals surface area contributed by atoms with Crippen LogP contribution in [-0.2, 0) is 11.8 Å². The first-order valence-electron chi connectivity index (χ1n) is 7.37. The number of anilines is 1. The maximum Gasteiger partial charge on any atom is 0.253 e. The van der Waals surface area contributed by atoms with Crippen molar-refractivity contribution < 1.29 is 4.79 Å². The summed E-state index contributed by atoms with van der Waals surface area (Å²) in [4.78, 5) is 14.5. The Morgan fingerprint density at radius 1 is 1.29 bits per heavy atom. The van der Waals surface area contributed by atoms with Crippen LogP contribution in [0.25, 0.3) is 0 Å². The van der Waals surface area contributed by atoms with Gasteiger partial charge in [-0.25, -0.2) is 4.68 Å². The molecular formula is C14H18N6O. The third kappa shape index (κ3) is 2.03. The summed E-state index contributed by atoms with van der Waals surface area (Å²) in [6.45, 7) is 2.63. The fourth-order valence-corrected chi connectivity index (χ4v) is 3.00. The van der Waals surface area contributed by atoms with Gasteiger partial charge in [-0.15, -0.1) is 5.10 Å². The van der Waals surface area contributed by atoms with E-state index in [1.165, 1.54) is 12.8 Å². The first-order valence-corrected chi connectivity index (χ1v) is 7.37. The predicted octanol–water partition coefficient (Wildman–Crippen LogP) is 1.18. The Labute approximate surface area is 122 Å². The molecule has 3 heterocycles. The van der Waals surface area contributed by atoms with Gasteiger partial charge in [0.2, 0.25) is 0 Å². The summed E-state index contributed by atoms with van der Waals surface area (Å²) < 4.78 is 3.49. The van der Waals surface area contributed by atoms with Crippen LogP contribution in [0.5, 0.6) is 0 Å². The van der Waals surface area contributed by atoms with Crippen LogP contribution in [0.4, 0.5) is 5.82 Å². The number of aromatic nitrogens is 5. The number of carbonyl (C=O) groups is 1. The van der Waals surface area contributed by atoms with Crippen molar-refractivity contribution in [3.63, 3.8) is 0 Å². The highest BCUT2D eigenvalue weighted by Crippen LogP contribution is 2.39. The molecule has 2 aromatic rings. The van der Waals surface area contributed by atoms with E-state index in [4.69, 9.17) is 0 Å². The molecule has 1 atom stereocenters. The van der Waals surface area contributed by atoms with E-state index in [2.05, 4.69) is 15.4 Å². The molecule has 0 N–H and O–H groups in total. The van der Waals surface area contributed by atoms with Gasteiger partial charge in [0.15, 0.2) is 0 Å². The predicted molar refractivity (Wildman–Crippen MR) is 75.9 cm³/mol. The maximum atomic E-state index is 12.7. The molecule has 0 bridgehead atoms. The van der Waals surface area contributed by atoms with E-state index in [0.29, 0.717) is 12.5 Å². The number of hydrogen-bond acceptors (Lipinski definition) is 4. The van der Waals surface area contributed by atoms with Crippen molar-refractivity contribution in [1.82, 2.24) is 24.8 Å². The topological polar surface area (TPSA) is 68.8 Å². The van der Waals surface area contributed by atoms with E-state index in [1.54, 1.807) is 14.3 Å². The quantitative estimate of drug-likeness (QED) is 0.849. The van der Waals surface area contributed by atoms with Crippen LogP contribution < -0.4 is 4.90 Å². The molecule has 1 unspecified atom stereocenters. The van der Waals surface area contributed by atoms with Crippen molar-refractivity contribution in [2.24, 2.45) is 7.05 Å². The summed E-state index contributed by atoms with van der Waals surface area (Å²) in [5.41, 5.74) is 1.94. The number of carbonyl (C=O) groups excluding carboxylic acids is 1. The van der Waals surface area contributed by atoms with Gasteiger partial charge in [-0.05, 0) is 26.2 Å². The normalized spacial score (nSPS) is 22.3. The number of rotatable bonds is 3. The van der Waals surface area contributed by atoms with E-state index < -0.39 is 0 Å². The minimum atomic E-state index is -0.236. The van der Waals surface area contributed by atoms with E-state index in [0.717, 1.165) is 23.6 Å². The van der Waals surface area contributed by atoms with E-state index in [1.807, 2.05) is 26.2 Å². The molecule has 1 saturated carbocycles. The molecule has 2 aliphatic rings. The summed E-state index contributed by atoms with van der Waals surface area (Å²) in [6.07, 6.45) is 5.09. The fraction of sp³-hybridized carbons (Fsp3) is 0.571. The van der Waals surface area contributed by atoms with Crippen molar-refractivity contribution in [3.05, 3.63) is 23.7 Å². The van der Waals surface area contributed by atoms with Gasteiger partial charge < -0.3 is 0 Å². The summed E-state index contributed by atoms with van der Waals surface area (Å²) in [6, 6.07) is 1.71. The molecule has 21 heavy (non-hydrogen) atoms. The Bertz CT molecular complexity index is 698. The summed E-state index contributed by atoms with van der Waals surface area (Å²) >= 11 is 0. The molecule has 0 aromatic carbocycles. The minimum absolute atomic E-state index is 0.0743. The molecule has 7 heteroatoms. The highest BCUT2D eigenvalue weighted by atomic mass is 16.2. The molecule has 1 amide bonds. The molecule has 1 saturated heterocycles. The second kappa shape index (κ2) is 4.41. The van der Waals surface area contributed by atoms with Gasteiger partial charge in [0.25, 0.3) is 5.91 Å². The lowest BCUT2D eigenvalue weighted by Crippen LogP contribution is -2.30. The zero-order valence-electron chi connectivity index (χ0n) is 12.2. The number of hydrogen-bond donors (Lipinski definition) is 0. The minimum Gasteiger partial charge on any atom is -0.295 e. The van der Waals surface area contributed by atoms with Crippen molar-refractivity contribution in [3.8, 4) is 0 Å². The van der Waals surface area contributed by atoms with Crippen LogP contribution in [0.2, 0.25) is 0 Å². The smallest absolute Gasteiger partial charge is 0.253 e. The summed E-state index contributed by atoms with van der Waals surface area (Å²) in [7, 11) is 1.86. The Kier molecular flexibility index (Phi) is 2.63. The van der Waals surface area contributed by atoms with Crippen molar-refractivity contribution in [1.29, 1.82) is 0 Å². The largest absolute Gasteiger partial charge is 0.295 e. The van der Waals surface area contributed by atoms with Gasteiger partial charge in [0.1, 0.15) is 11.9 Å². The molecule has 1 aliphatic carbocycles.